The maximum Gasteiger partial charge on any atom is 0.306 e. The fourth-order valence-electron chi connectivity index (χ4n) is 5.68. The van der Waals surface area contributed by atoms with Gasteiger partial charge in [-0.2, -0.15) is 0 Å². The Balaban J connectivity index is 4.30. The molecule has 0 fully saturated rings. The second-order valence-electron chi connectivity index (χ2n) is 14.3. The van der Waals surface area contributed by atoms with Gasteiger partial charge in [0.15, 0.2) is 0 Å². The third kappa shape index (κ3) is 32.2. The van der Waals surface area contributed by atoms with Gasteiger partial charge in [-0.25, -0.2) is 17.6 Å². The van der Waals surface area contributed by atoms with E-state index in [1.54, 1.807) is 0 Å². The van der Waals surface area contributed by atoms with Gasteiger partial charge in [-0.1, -0.05) is 78.1 Å². The minimum atomic E-state index is -2.87. The molecule has 0 aliphatic rings. The summed E-state index contributed by atoms with van der Waals surface area (Å²) in [7, 11) is 4.05. The zero-order valence-electron chi connectivity index (χ0n) is 33.1. The Morgan fingerprint density at radius 1 is 0.519 bits per heavy atom. The number of ether oxygens (including phenoxy) is 2. The molecule has 304 valence electrons. The Morgan fingerprint density at radius 3 is 1.33 bits per heavy atom. The van der Waals surface area contributed by atoms with Crippen molar-refractivity contribution >= 4 is 17.8 Å². The summed E-state index contributed by atoms with van der Waals surface area (Å²) in [5.74, 6) is -6.31. The van der Waals surface area contributed by atoms with E-state index >= 15 is 0 Å². The number of alkyl halides is 4. The third-order valence-electron chi connectivity index (χ3n) is 8.85. The van der Waals surface area contributed by atoms with E-state index in [1.165, 1.54) is 12.2 Å². The van der Waals surface area contributed by atoms with Crippen LogP contribution in [0.1, 0.15) is 162 Å². The lowest BCUT2D eigenvalue weighted by atomic mass is 10.1. The molecule has 1 amide bonds. The molecule has 0 aromatic rings. The highest BCUT2D eigenvalue weighted by atomic mass is 19.3. The zero-order chi connectivity index (χ0) is 38.9. The van der Waals surface area contributed by atoms with Crippen LogP contribution >= 0.6 is 0 Å². The number of nitrogens with zero attached hydrogens (tertiary/aromatic N) is 2. The van der Waals surface area contributed by atoms with Gasteiger partial charge in [0.1, 0.15) is 13.2 Å². The number of esters is 2. The molecular weight excluding hydrogens is 676 g/mol. The molecule has 7 nitrogen and oxygen atoms in total. The normalized spacial score (nSPS) is 12.3. The van der Waals surface area contributed by atoms with Crippen molar-refractivity contribution in [1.82, 2.24) is 9.80 Å². The molecule has 0 spiro atoms. The van der Waals surface area contributed by atoms with Crippen molar-refractivity contribution in [2.75, 3.05) is 46.9 Å². The van der Waals surface area contributed by atoms with Gasteiger partial charge in [0.05, 0.1) is 0 Å². The SMILES string of the molecule is CCCCCC(F)(F)/C=C\COC(=O)CCCCCCCN(CCCCCCCC(=O)OC/C=C\C(F)(F)CCCCC)C(=O)CCCCN(C)C. The summed E-state index contributed by atoms with van der Waals surface area (Å²) in [6.45, 7) is 6.02. The molecule has 0 heterocycles. The standard InChI is InChI=1S/C41H72F4N2O5/c1-5-7-18-28-40(42,43)30-23-35-51-38(49)26-15-11-9-13-20-33-47(37(48)25-17-22-32-46(3)4)34-21-14-10-12-16-27-39(50)52-36-24-31-41(44,45)29-19-8-6-2/h23-24,30-31H,5-22,25-29,32-36H2,1-4H3/b30-23-,31-24-. The quantitative estimate of drug-likeness (QED) is 0.0278. The molecule has 52 heavy (non-hydrogen) atoms. The van der Waals surface area contributed by atoms with E-state index in [4.69, 9.17) is 9.47 Å². The molecule has 0 saturated carbocycles. The predicted molar refractivity (Wildman–Crippen MR) is 203 cm³/mol. The van der Waals surface area contributed by atoms with Crippen LogP contribution in [0.5, 0.6) is 0 Å². The van der Waals surface area contributed by atoms with Crippen LogP contribution in [0.4, 0.5) is 17.6 Å². The Labute approximate surface area is 313 Å². The number of hydrogen-bond donors (Lipinski definition) is 0. The lowest BCUT2D eigenvalue weighted by Gasteiger charge is -2.23. The maximum absolute atomic E-state index is 13.8. The van der Waals surface area contributed by atoms with Crippen molar-refractivity contribution in [1.29, 1.82) is 0 Å². The number of allylic oxidation sites excluding steroid dienone is 2. The molecular formula is C41H72F4N2O5. The minimum absolute atomic E-state index is 0.138. The molecule has 0 aromatic carbocycles. The molecule has 0 radical (unpaired) electrons. The highest BCUT2D eigenvalue weighted by molar-refractivity contribution is 5.76. The Kier molecular flexibility index (Phi) is 30.5. The van der Waals surface area contributed by atoms with Crippen molar-refractivity contribution in [3.05, 3.63) is 24.3 Å². The first-order valence-corrected chi connectivity index (χ1v) is 20.2. The Morgan fingerprint density at radius 2 is 0.904 bits per heavy atom. The Hall–Kier alpha value is -2.43. The molecule has 0 unspecified atom stereocenters. The Bertz CT molecular complexity index is 913. The summed E-state index contributed by atoms with van der Waals surface area (Å²) in [6.07, 6.45) is 19.5. The molecule has 0 aliphatic carbocycles. The summed E-state index contributed by atoms with van der Waals surface area (Å²) in [6, 6.07) is 0. The van der Waals surface area contributed by atoms with E-state index in [-0.39, 0.29) is 56.7 Å². The average Bonchev–Trinajstić information content (AvgIpc) is 3.08. The van der Waals surface area contributed by atoms with E-state index < -0.39 is 11.8 Å². The van der Waals surface area contributed by atoms with Crippen LogP contribution in [-0.2, 0) is 23.9 Å². The number of carbonyl (C=O) groups excluding carboxylic acids is 3. The van der Waals surface area contributed by atoms with Gasteiger partial charge in [0, 0.05) is 45.2 Å². The maximum atomic E-state index is 13.8. The second kappa shape index (κ2) is 32.0. The molecule has 0 rings (SSSR count). The van der Waals surface area contributed by atoms with Crippen LogP contribution in [0, 0.1) is 0 Å². The van der Waals surface area contributed by atoms with Crippen LogP contribution in [0.3, 0.4) is 0 Å². The molecule has 0 saturated heterocycles. The highest BCUT2D eigenvalue weighted by Gasteiger charge is 2.24. The second-order valence-corrected chi connectivity index (χ2v) is 14.3. The number of hydrogen-bond acceptors (Lipinski definition) is 6. The van der Waals surface area contributed by atoms with Crippen molar-refractivity contribution in [2.45, 2.75) is 173 Å². The van der Waals surface area contributed by atoms with Crippen LogP contribution in [0.15, 0.2) is 24.3 Å². The molecule has 0 aromatic heterocycles. The van der Waals surface area contributed by atoms with Crippen molar-refractivity contribution in [3.63, 3.8) is 0 Å². The molecule has 0 atom stereocenters. The fraction of sp³-hybridized carbons (Fsp3) is 0.829. The lowest BCUT2D eigenvalue weighted by molar-refractivity contribution is -0.143. The van der Waals surface area contributed by atoms with Crippen LogP contribution < -0.4 is 0 Å². The van der Waals surface area contributed by atoms with Gasteiger partial charge in [-0.05, 0) is 96.3 Å². The predicted octanol–water partition coefficient (Wildman–Crippen LogP) is 10.9. The lowest BCUT2D eigenvalue weighted by Crippen LogP contribution is -2.33. The number of unbranched alkanes of at least 4 members (excludes halogenated alkanes) is 13. The van der Waals surface area contributed by atoms with E-state index in [0.29, 0.717) is 45.2 Å². The van der Waals surface area contributed by atoms with Crippen molar-refractivity contribution in [2.24, 2.45) is 0 Å². The smallest absolute Gasteiger partial charge is 0.306 e. The summed E-state index contributed by atoms with van der Waals surface area (Å²) >= 11 is 0. The van der Waals surface area contributed by atoms with Gasteiger partial charge in [-0.3, -0.25) is 14.4 Å². The number of rotatable bonds is 35. The topological polar surface area (TPSA) is 76.1 Å². The van der Waals surface area contributed by atoms with Crippen LogP contribution in [0.25, 0.3) is 0 Å². The van der Waals surface area contributed by atoms with Crippen LogP contribution in [0.2, 0.25) is 0 Å². The van der Waals surface area contributed by atoms with E-state index in [1.807, 2.05) is 32.8 Å². The summed E-state index contributed by atoms with van der Waals surface area (Å²) in [5, 5.41) is 0. The summed E-state index contributed by atoms with van der Waals surface area (Å²) in [4.78, 5) is 41.1. The minimum Gasteiger partial charge on any atom is -0.461 e. The van der Waals surface area contributed by atoms with Gasteiger partial charge in [-0.15, -0.1) is 0 Å². The van der Waals surface area contributed by atoms with Crippen LogP contribution in [-0.4, -0.2) is 86.4 Å². The first-order chi connectivity index (χ1) is 24.8. The zero-order valence-corrected chi connectivity index (χ0v) is 33.1. The molecule has 0 bridgehead atoms. The monoisotopic (exact) mass is 749 g/mol. The van der Waals surface area contributed by atoms with Gasteiger partial charge in [0.2, 0.25) is 5.91 Å². The highest BCUT2D eigenvalue weighted by Crippen LogP contribution is 2.24. The van der Waals surface area contributed by atoms with Gasteiger partial charge < -0.3 is 19.3 Å². The van der Waals surface area contributed by atoms with Gasteiger partial charge in [0.25, 0.3) is 11.8 Å². The summed E-state index contributed by atoms with van der Waals surface area (Å²) in [5.41, 5.74) is 0. The van der Waals surface area contributed by atoms with E-state index in [9.17, 15) is 31.9 Å². The van der Waals surface area contributed by atoms with Crippen molar-refractivity contribution in [3.8, 4) is 0 Å². The largest absolute Gasteiger partial charge is 0.461 e. The van der Waals surface area contributed by atoms with Crippen molar-refractivity contribution < 1.29 is 41.4 Å². The average molecular weight is 749 g/mol. The molecule has 0 N–H and O–H groups in total. The number of amides is 1. The molecule has 0 aliphatic heterocycles. The first-order valence-electron chi connectivity index (χ1n) is 20.2. The molecule has 11 heteroatoms. The fourth-order valence-corrected chi connectivity index (χ4v) is 5.68. The number of carbonyl (C=O) groups is 3. The number of halogens is 4. The first kappa shape index (κ1) is 49.6. The third-order valence-corrected chi connectivity index (χ3v) is 8.85. The van der Waals surface area contributed by atoms with Gasteiger partial charge >= 0.3 is 11.9 Å². The van der Waals surface area contributed by atoms with E-state index in [0.717, 1.165) is 109 Å². The van der Waals surface area contributed by atoms with E-state index in [2.05, 4.69) is 4.90 Å². The summed E-state index contributed by atoms with van der Waals surface area (Å²) < 4.78 is 65.2.